The number of aryl methyl sites for hydroxylation is 1. The SMILES string of the molecule is Cc1nn(C2CCNCC2)c(C(F)(F)F)c1-c1nc(-c2ccnc3[nH]ccc23)nc(N2CCOC[C@H]2C)c1F. The molecule has 0 unspecified atom stereocenters. The normalized spacial score (nSPS) is 19.2. The van der Waals surface area contributed by atoms with Crippen LogP contribution in [-0.4, -0.2) is 68.6 Å². The van der Waals surface area contributed by atoms with Crippen molar-refractivity contribution >= 4 is 16.9 Å². The number of nitrogens with one attached hydrogen (secondary N) is 2. The fraction of sp³-hybridized carbons (Fsp3) is 0.462. The number of H-pyrrole nitrogens is 1. The van der Waals surface area contributed by atoms with Crippen molar-refractivity contribution < 1.29 is 22.3 Å². The lowest BCUT2D eigenvalue weighted by atomic mass is 10.0. The van der Waals surface area contributed by atoms with Gasteiger partial charge in [-0.05, 0) is 51.9 Å². The van der Waals surface area contributed by atoms with Crippen LogP contribution in [0.15, 0.2) is 24.5 Å². The zero-order chi connectivity index (χ0) is 27.3. The van der Waals surface area contributed by atoms with Crippen LogP contribution in [0.1, 0.15) is 37.2 Å². The number of anilines is 1. The van der Waals surface area contributed by atoms with Crippen molar-refractivity contribution in [3.63, 3.8) is 0 Å². The van der Waals surface area contributed by atoms with E-state index in [1.54, 1.807) is 29.4 Å². The minimum Gasteiger partial charge on any atom is -0.377 e. The number of fused-ring (bicyclic) bond motifs is 1. The first-order chi connectivity index (χ1) is 18.7. The van der Waals surface area contributed by atoms with Gasteiger partial charge in [-0.15, -0.1) is 0 Å². The van der Waals surface area contributed by atoms with Crippen molar-refractivity contribution in [1.82, 2.24) is 35.0 Å². The van der Waals surface area contributed by atoms with Gasteiger partial charge in [0, 0.05) is 29.9 Å². The van der Waals surface area contributed by atoms with E-state index in [1.807, 2.05) is 6.92 Å². The Morgan fingerprint density at radius 1 is 1.13 bits per heavy atom. The first-order valence-electron chi connectivity index (χ1n) is 13.0. The van der Waals surface area contributed by atoms with Gasteiger partial charge in [-0.25, -0.2) is 19.3 Å². The predicted octanol–water partition coefficient (Wildman–Crippen LogP) is 4.50. The molecule has 4 aromatic rings. The number of alkyl halides is 3. The lowest BCUT2D eigenvalue weighted by Gasteiger charge is -2.34. The molecule has 39 heavy (non-hydrogen) atoms. The van der Waals surface area contributed by atoms with Crippen LogP contribution in [0.4, 0.5) is 23.4 Å². The molecule has 0 amide bonds. The average Bonchev–Trinajstić information content (AvgIpc) is 3.54. The summed E-state index contributed by atoms with van der Waals surface area (Å²) in [5.74, 6) is -0.868. The quantitative estimate of drug-likeness (QED) is 0.365. The molecule has 9 nitrogen and oxygen atoms in total. The van der Waals surface area contributed by atoms with Gasteiger partial charge in [-0.1, -0.05) is 0 Å². The summed E-state index contributed by atoms with van der Waals surface area (Å²) in [6.45, 7) is 5.51. The fourth-order valence-electron chi connectivity index (χ4n) is 5.53. The Hall–Kier alpha value is -3.58. The van der Waals surface area contributed by atoms with Crippen molar-refractivity contribution in [1.29, 1.82) is 0 Å². The summed E-state index contributed by atoms with van der Waals surface area (Å²) in [6, 6.07) is 2.76. The Morgan fingerprint density at radius 3 is 2.67 bits per heavy atom. The topological polar surface area (TPSA) is 96.8 Å². The maximum atomic E-state index is 16.4. The third kappa shape index (κ3) is 4.52. The second kappa shape index (κ2) is 9.87. The van der Waals surface area contributed by atoms with E-state index in [1.165, 1.54) is 6.92 Å². The molecule has 0 aromatic carbocycles. The first kappa shape index (κ1) is 25.7. The molecule has 6 heterocycles. The summed E-state index contributed by atoms with van der Waals surface area (Å²) < 4.78 is 67.1. The lowest BCUT2D eigenvalue weighted by molar-refractivity contribution is -0.144. The molecule has 2 fully saturated rings. The maximum absolute atomic E-state index is 16.4. The molecule has 2 aliphatic heterocycles. The highest BCUT2D eigenvalue weighted by Gasteiger charge is 2.43. The maximum Gasteiger partial charge on any atom is 0.433 e. The number of ether oxygens (including phenoxy) is 1. The van der Waals surface area contributed by atoms with Gasteiger partial charge in [-0.3, -0.25) is 4.68 Å². The van der Waals surface area contributed by atoms with Crippen LogP contribution in [0.2, 0.25) is 0 Å². The second-order valence-corrected chi connectivity index (χ2v) is 9.98. The van der Waals surface area contributed by atoms with E-state index >= 15 is 4.39 Å². The minimum atomic E-state index is -4.78. The molecular weight excluding hydrogens is 516 g/mol. The monoisotopic (exact) mass is 544 g/mol. The van der Waals surface area contributed by atoms with Crippen LogP contribution in [-0.2, 0) is 10.9 Å². The molecule has 206 valence electrons. The van der Waals surface area contributed by atoms with Crippen molar-refractivity contribution in [2.75, 3.05) is 37.7 Å². The molecule has 4 aromatic heterocycles. The number of pyridine rings is 1. The molecule has 2 aliphatic rings. The molecule has 1 atom stereocenters. The zero-order valence-electron chi connectivity index (χ0n) is 21.5. The van der Waals surface area contributed by atoms with E-state index in [0.29, 0.717) is 62.3 Å². The van der Waals surface area contributed by atoms with E-state index in [2.05, 4.69) is 30.4 Å². The number of aromatic amines is 1. The van der Waals surface area contributed by atoms with E-state index in [0.717, 1.165) is 4.68 Å². The Labute approximate surface area is 221 Å². The Morgan fingerprint density at radius 2 is 1.92 bits per heavy atom. The predicted molar refractivity (Wildman–Crippen MR) is 137 cm³/mol. The first-order valence-corrected chi connectivity index (χ1v) is 13.0. The summed E-state index contributed by atoms with van der Waals surface area (Å²) in [6.07, 6.45) is -0.555. The Balaban J connectivity index is 1.62. The highest BCUT2D eigenvalue weighted by atomic mass is 19.4. The van der Waals surface area contributed by atoms with Gasteiger partial charge in [0.1, 0.15) is 11.3 Å². The standard InChI is InChI=1S/C26H28F4N8O/c1-14-13-39-12-11-37(14)25-20(27)21(34-24(35-25)18-6-10-33-23-17(18)5-9-32-23)19-15(2)36-38(22(19)26(28,29)30)16-3-7-31-8-4-16/h5-6,9-10,14,16,31H,3-4,7-8,11-13H2,1-2H3,(H,32,33)/t14-/m1/s1. The van der Waals surface area contributed by atoms with Crippen LogP contribution in [0.25, 0.3) is 33.7 Å². The lowest BCUT2D eigenvalue weighted by Crippen LogP contribution is -2.44. The minimum absolute atomic E-state index is 0.0616. The zero-order valence-corrected chi connectivity index (χ0v) is 21.5. The molecule has 0 aliphatic carbocycles. The Kier molecular flexibility index (Phi) is 6.50. The average molecular weight is 545 g/mol. The number of aromatic nitrogens is 6. The molecule has 2 N–H and O–H groups in total. The van der Waals surface area contributed by atoms with E-state index < -0.39 is 29.4 Å². The second-order valence-electron chi connectivity index (χ2n) is 9.98. The largest absolute Gasteiger partial charge is 0.433 e. The van der Waals surface area contributed by atoms with Gasteiger partial charge in [-0.2, -0.15) is 18.3 Å². The molecule has 2 saturated heterocycles. The summed E-state index contributed by atoms with van der Waals surface area (Å²) in [5.41, 5.74) is -0.608. The van der Waals surface area contributed by atoms with Crippen molar-refractivity contribution in [2.24, 2.45) is 0 Å². The number of nitrogens with zero attached hydrogens (tertiary/aromatic N) is 6. The van der Waals surface area contributed by atoms with Gasteiger partial charge >= 0.3 is 6.18 Å². The Bertz CT molecular complexity index is 1510. The summed E-state index contributed by atoms with van der Waals surface area (Å²) in [4.78, 5) is 18.1. The van der Waals surface area contributed by atoms with Gasteiger partial charge in [0.15, 0.2) is 23.2 Å². The fourth-order valence-corrected chi connectivity index (χ4v) is 5.53. The van der Waals surface area contributed by atoms with E-state index in [9.17, 15) is 13.2 Å². The third-order valence-corrected chi connectivity index (χ3v) is 7.42. The van der Waals surface area contributed by atoms with E-state index in [-0.39, 0.29) is 28.9 Å². The van der Waals surface area contributed by atoms with Crippen LogP contribution in [0.5, 0.6) is 0 Å². The smallest absolute Gasteiger partial charge is 0.377 e. The van der Waals surface area contributed by atoms with Crippen LogP contribution in [0.3, 0.4) is 0 Å². The molecule has 6 rings (SSSR count). The molecule has 0 radical (unpaired) electrons. The van der Waals surface area contributed by atoms with Gasteiger partial charge < -0.3 is 19.9 Å². The highest BCUT2D eigenvalue weighted by Crippen LogP contribution is 2.43. The number of morpholine rings is 1. The third-order valence-electron chi connectivity index (χ3n) is 7.42. The molecule has 0 spiro atoms. The van der Waals surface area contributed by atoms with Crippen LogP contribution in [0, 0.1) is 12.7 Å². The van der Waals surface area contributed by atoms with Gasteiger partial charge in [0.05, 0.1) is 36.6 Å². The van der Waals surface area contributed by atoms with Crippen molar-refractivity contribution in [2.45, 2.75) is 44.9 Å². The number of halogens is 4. The molecule has 13 heteroatoms. The summed E-state index contributed by atoms with van der Waals surface area (Å²) in [5, 5.41) is 8.15. The summed E-state index contributed by atoms with van der Waals surface area (Å²) in [7, 11) is 0. The number of hydrogen-bond donors (Lipinski definition) is 2. The molecule has 0 bridgehead atoms. The van der Waals surface area contributed by atoms with E-state index in [4.69, 9.17) is 4.74 Å². The van der Waals surface area contributed by atoms with Gasteiger partial charge in [0.2, 0.25) is 0 Å². The number of hydrogen-bond acceptors (Lipinski definition) is 7. The van der Waals surface area contributed by atoms with Crippen molar-refractivity contribution in [3.8, 4) is 22.6 Å². The number of rotatable bonds is 4. The molecule has 0 saturated carbocycles. The highest BCUT2D eigenvalue weighted by molar-refractivity contribution is 5.91. The summed E-state index contributed by atoms with van der Waals surface area (Å²) >= 11 is 0. The van der Waals surface area contributed by atoms with Crippen LogP contribution < -0.4 is 10.2 Å². The van der Waals surface area contributed by atoms with Gasteiger partial charge in [0.25, 0.3) is 0 Å². The number of piperidine rings is 1. The van der Waals surface area contributed by atoms with Crippen LogP contribution >= 0.6 is 0 Å². The van der Waals surface area contributed by atoms with Crippen molar-refractivity contribution in [3.05, 3.63) is 41.7 Å². The molecular formula is C26H28F4N8O.